The van der Waals surface area contributed by atoms with E-state index in [9.17, 15) is 14.0 Å². The van der Waals surface area contributed by atoms with E-state index in [1.54, 1.807) is 23.0 Å². The largest absolute Gasteiger partial charge is 0.394 e. The summed E-state index contributed by atoms with van der Waals surface area (Å²) in [5, 5.41) is 19.1. The number of amides is 2. The molecule has 0 radical (unpaired) electrons. The second kappa shape index (κ2) is 9.15. The maximum Gasteiger partial charge on any atom is 0.253 e. The van der Waals surface area contributed by atoms with Crippen molar-refractivity contribution < 1.29 is 19.1 Å². The number of carbonyl (C=O) groups excluding carboxylic acids is 2. The van der Waals surface area contributed by atoms with Gasteiger partial charge in [-0.15, -0.1) is 0 Å². The Balaban J connectivity index is 1.59. The molecule has 0 unspecified atom stereocenters. The molecule has 1 aromatic heterocycles. The van der Waals surface area contributed by atoms with Gasteiger partial charge in [-0.2, -0.15) is 5.10 Å². The molecule has 7 nitrogen and oxygen atoms in total. The number of aryl methyl sites for hydroxylation is 1. The van der Waals surface area contributed by atoms with Crippen molar-refractivity contribution in [2.45, 2.75) is 25.8 Å². The molecule has 0 saturated heterocycles. The first kappa shape index (κ1) is 21.5. The molecule has 0 saturated carbocycles. The molecule has 0 spiro atoms. The zero-order valence-corrected chi connectivity index (χ0v) is 17.5. The van der Waals surface area contributed by atoms with Gasteiger partial charge in [0.25, 0.3) is 5.91 Å². The van der Waals surface area contributed by atoms with E-state index in [0.29, 0.717) is 23.4 Å². The highest BCUT2D eigenvalue weighted by Crippen LogP contribution is 2.32. The number of hydrogen-bond donors (Lipinski definition) is 3. The first-order valence-electron chi connectivity index (χ1n) is 10.3. The van der Waals surface area contributed by atoms with E-state index in [1.165, 1.54) is 18.3 Å². The minimum absolute atomic E-state index is 0.00278. The highest BCUT2D eigenvalue weighted by molar-refractivity contribution is 6.07. The average molecular weight is 434 g/mol. The van der Waals surface area contributed by atoms with E-state index in [1.807, 2.05) is 31.2 Å². The molecule has 2 aromatic carbocycles. The summed E-state index contributed by atoms with van der Waals surface area (Å²) in [6.07, 6.45) is 3.31. The van der Waals surface area contributed by atoms with Crippen molar-refractivity contribution in [2.24, 2.45) is 0 Å². The number of aliphatic hydroxyl groups is 1. The molecule has 3 aromatic rings. The number of benzene rings is 2. The van der Waals surface area contributed by atoms with Crippen LogP contribution < -0.4 is 10.6 Å². The van der Waals surface area contributed by atoms with Crippen molar-refractivity contribution in [3.8, 4) is 11.3 Å². The van der Waals surface area contributed by atoms with E-state index in [-0.39, 0.29) is 30.7 Å². The zero-order chi connectivity index (χ0) is 22.7. The fourth-order valence-electron chi connectivity index (χ4n) is 3.68. The summed E-state index contributed by atoms with van der Waals surface area (Å²) < 4.78 is 15.0. The lowest BCUT2D eigenvalue weighted by Gasteiger charge is -2.24. The molecule has 0 fully saturated rings. The van der Waals surface area contributed by atoms with Gasteiger partial charge in [-0.25, -0.2) is 4.39 Å². The monoisotopic (exact) mass is 434 g/mol. The third-order valence-electron chi connectivity index (χ3n) is 5.44. The smallest absolute Gasteiger partial charge is 0.253 e. The van der Waals surface area contributed by atoms with Gasteiger partial charge < -0.3 is 15.7 Å². The standard InChI is InChI=1S/C24H23FN4O3/c1-15-2-3-17(21-8-9-29(28-21)10-11-30)12-22(15)27-24(32)20-14-26-23(31)13-19(20)16-4-6-18(25)7-5-16/h2-9,12,14,19,30H,10-11,13H2,1H3,(H,26,31)(H,27,32)/t19-/m0/s1. The number of anilines is 1. The van der Waals surface area contributed by atoms with Crippen molar-refractivity contribution in [1.29, 1.82) is 0 Å². The van der Waals surface area contributed by atoms with Crippen LogP contribution in [0.5, 0.6) is 0 Å². The predicted octanol–water partition coefficient (Wildman–Crippen LogP) is 3.12. The van der Waals surface area contributed by atoms with Gasteiger partial charge in [-0.3, -0.25) is 14.3 Å². The van der Waals surface area contributed by atoms with Gasteiger partial charge in [0.05, 0.1) is 18.8 Å². The van der Waals surface area contributed by atoms with Crippen molar-refractivity contribution in [1.82, 2.24) is 15.1 Å². The highest BCUT2D eigenvalue weighted by Gasteiger charge is 2.29. The normalized spacial score (nSPS) is 15.8. The fourth-order valence-corrected chi connectivity index (χ4v) is 3.68. The van der Waals surface area contributed by atoms with Crippen LogP contribution in [0.15, 0.2) is 66.5 Å². The maximum absolute atomic E-state index is 13.3. The molecule has 2 heterocycles. The number of carbonyl (C=O) groups is 2. The van der Waals surface area contributed by atoms with Gasteiger partial charge in [0, 0.05) is 41.6 Å². The topological polar surface area (TPSA) is 96.2 Å². The molecule has 1 aliphatic rings. The Kier molecular flexibility index (Phi) is 6.13. The number of nitrogens with one attached hydrogen (secondary N) is 2. The number of hydrogen-bond acceptors (Lipinski definition) is 4. The first-order valence-corrected chi connectivity index (χ1v) is 10.3. The Hall–Kier alpha value is -3.78. The second-order valence-electron chi connectivity index (χ2n) is 7.65. The van der Waals surface area contributed by atoms with Crippen LogP contribution in [0.1, 0.15) is 23.5 Å². The van der Waals surface area contributed by atoms with Crippen molar-refractivity contribution in [3.63, 3.8) is 0 Å². The Labute approximate surface area is 184 Å². The zero-order valence-electron chi connectivity index (χ0n) is 17.5. The number of nitrogens with zero attached hydrogens (tertiary/aromatic N) is 2. The Morgan fingerprint density at radius 3 is 2.78 bits per heavy atom. The van der Waals surface area contributed by atoms with E-state index >= 15 is 0 Å². The highest BCUT2D eigenvalue weighted by atomic mass is 19.1. The van der Waals surface area contributed by atoms with Gasteiger partial charge >= 0.3 is 0 Å². The van der Waals surface area contributed by atoms with Crippen LogP contribution >= 0.6 is 0 Å². The summed E-state index contributed by atoms with van der Waals surface area (Å²) in [7, 11) is 0. The summed E-state index contributed by atoms with van der Waals surface area (Å²) in [6.45, 7) is 2.29. The number of halogens is 1. The molecule has 0 aliphatic carbocycles. The molecular weight excluding hydrogens is 411 g/mol. The molecular formula is C24H23FN4O3. The molecule has 3 N–H and O–H groups in total. The minimum atomic E-state index is -0.470. The molecule has 1 atom stereocenters. The van der Waals surface area contributed by atoms with Crippen LogP contribution in [-0.4, -0.2) is 33.3 Å². The summed E-state index contributed by atoms with van der Waals surface area (Å²) >= 11 is 0. The summed E-state index contributed by atoms with van der Waals surface area (Å²) in [4.78, 5) is 25.1. The molecule has 0 bridgehead atoms. The summed E-state index contributed by atoms with van der Waals surface area (Å²) in [6, 6.07) is 13.3. The van der Waals surface area contributed by atoms with E-state index in [0.717, 1.165) is 16.8 Å². The van der Waals surface area contributed by atoms with E-state index in [2.05, 4.69) is 15.7 Å². The number of aromatic nitrogens is 2. The fraction of sp³-hybridized carbons (Fsp3) is 0.208. The molecule has 1 aliphatic heterocycles. The summed E-state index contributed by atoms with van der Waals surface area (Å²) in [5.41, 5.74) is 4.14. The van der Waals surface area contributed by atoms with Crippen LogP contribution in [0.3, 0.4) is 0 Å². The van der Waals surface area contributed by atoms with Gasteiger partial charge in [0.15, 0.2) is 0 Å². The quantitative estimate of drug-likeness (QED) is 0.555. The average Bonchev–Trinajstić information content (AvgIpc) is 3.24. The maximum atomic E-state index is 13.3. The molecule has 2 amide bonds. The van der Waals surface area contributed by atoms with Crippen LogP contribution in [0.25, 0.3) is 11.3 Å². The molecule has 4 rings (SSSR count). The predicted molar refractivity (Wildman–Crippen MR) is 118 cm³/mol. The van der Waals surface area contributed by atoms with Crippen molar-refractivity contribution >= 4 is 17.5 Å². The Morgan fingerprint density at radius 1 is 1.25 bits per heavy atom. The van der Waals surface area contributed by atoms with Crippen molar-refractivity contribution in [3.05, 3.63) is 83.4 Å². The Morgan fingerprint density at radius 2 is 2.03 bits per heavy atom. The van der Waals surface area contributed by atoms with Crippen LogP contribution in [-0.2, 0) is 16.1 Å². The molecule has 32 heavy (non-hydrogen) atoms. The Bertz CT molecular complexity index is 1180. The third kappa shape index (κ3) is 4.60. The first-order chi connectivity index (χ1) is 15.4. The number of aliphatic hydroxyl groups excluding tert-OH is 1. The lowest BCUT2D eigenvalue weighted by atomic mass is 9.86. The van der Waals surface area contributed by atoms with E-state index < -0.39 is 5.92 Å². The van der Waals surface area contributed by atoms with Gasteiger partial charge in [0.1, 0.15) is 5.82 Å². The van der Waals surface area contributed by atoms with Gasteiger partial charge in [0.2, 0.25) is 5.91 Å². The van der Waals surface area contributed by atoms with Crippen LogP contribution in [0.4, 0.5) is 10.1 Å². The third-order valence-corrected chi connectivity index (χ3v) is 5.44. The summed E-state index contributed by atoms with van der Waals surface area (Å²) in [5.74, 6) is -1.39. The van der Waals surface area contributed by atoms with Gasteiger partial charge in [-0.05, 0) is 42.3 Å². The number of rotatable bonds is 6. The van der Waals surface area contributed by atoms with Crippen molar-refractivity contribution in [2.75, 3.05) is 11.9 Å². The van der Waals surface area contributed by atoms with Gasteiger partial charge in [-0.1, -0.05) is 24.3 Å². The van der Waals surface area contributed by atoms with Crippen LogP contribution in [0.2, 0.25) is 0 Å². The van der Waals surface area contributed by atoms with Crippen LogP contribution in [0, 0.1) is 12.7 Å². The lowest BCUT2D eigenvalue weighted by Crippen LogP contribution is -2.32. The second-order valence-corrected chi connectivity index (χ2v) is 7.65. The SMILES string of the molecule is Cc1ccc(-c2ccn(CCO)n2)cc1NC(=O)C1=CNC(=O)C[C@H]1c1ccc(F)cc1. The molecule has 164 valence electrons. The molecule has 8 heteroatoms. The minimum Gasteiger partial charge on any atom is -0.394 e. The van der Waals surface area contributed by atoms with E-state index in [4.69, 9.17) is 5.11 Å². The lowest BCUT2D eigenvalue weighted by molar-refractivity contribution is -0.121.